The Bertz CT molecular complexity index is 313. The van der Waals surface area contributed by atoms with Crippen molar-refractivity contribution < 1.29 is 4.74 Å². The van der Waals surface area contributed by atoms with E-state index < -0.39 is 0 Å². The summed E-state index contributed by atoms with van der Waals surface area (Å²) in [6.45, 7) is 7.12. The van der Waals surface area contributed by atoms with Gasteiger partial charge in [0.1, 0.15) is 12.4 Å². The zero-order chi connectivity index (χ0) is 12.0. The van der Waals surface area contributed by atoms with E-state index >= 15 is 0 Å². The third kappa shape index (κ3) is 4.53. The van der Waals surface area contributed by atoms with E-state index in [4.69, 9.17) is 10.5 Å². The van der Waals surface area contributed by atoms with Gasteiger partial charge in [0, 0.05) is 13.1 Å². The minimum absolute atomic E-state index is 0.678. The van der Waals surface area contributed by atoms with Gasteiger partial charge in [-0.1, -0.05) is 26.0 Å². The summed E-state index contributed by atoms with van der Waals surface area (Å²) in [5.74, 6) is 1.47. The first-order valence-corrected chi connectivity index (χ1v) is 5.75. The number of benzene rings is 1. The quantitative estimate of drug-likeness (QED) is 0.750. The van der Waals surface area contributed by atoms with Gasteiger partial charge in [-0.2, -0.15) is 0 Å². The molecule has 0 bridgehead atoms. The Hall–Kier alpha value is -1.22. The molecule has 0 heterocycles. The average Bonchev–Trinajstić information content (AvgIpc) is 2.19. The summed E-state index contributed by atoms with van der Waals surface area (Å²) in [4.78, 5) is 2.27. The van der Waals surface area contributed by atoms with E-state index in [9.17, 15) is 0 Å². The molecule has 0 aliphatic carbocycles. The van der Waals surface area contributed by atoms with E-state index in [-0.39, 0.29) is 0 Å². The maximum absolute atomic E-state index is 5.78. The van der Waals surface area contributed by atoms with Crippen LogP contribution in [0, 0.1) is 5.92 Å². The van der Waals surface area contributed by atoms with Gasteiger partial charge in [0.15, 0.2) is 0 Å². The smallest absolute Gasteiger partial charge is 0.142 e. The van der Waals surface area contributed by atoms with Crippen molar-refractivity contribution in [2.24, 2.45) is 5.92 Å². The van der Waals surface area contributed by atoms with E-state index in [0.29, 0.717) is 18.2 Å². The molecule has 0 spiro atoms. The van der Waals surface area contributed by atoms with E-state index in [1.54, 1.807) is 0 Å². The highest BCUT2D eigenvalue weighted by Gasteiger charge is 2.02. The zero-order valence-electron chi connectivity index (χ0n) is 10.4. The number of para-hydroxylation sites is 2. The van der Waals surface area contributed by atoms with E-state index in [1.165, 1.54) is 0 Å². The minimum Gasteiger partial charge on any atom is -0.490 e. The van der Waals surface area contributed by atoms with Crippen molar-refractivity contribution in [3.63, 3.8) is 0 Å². The van der Waals surface area contributed by atoms with Crippen molar-refractivity contribution in [1.82, 2.24) is 4.90 Å². The minimum atomic E-state index is 0.678. The van der Waals surface area contributed by atoms with Crippen LogP contribution in [0.3, 0.4) is 0 Å². The molecule has 3 nitrogen and oxygen atoms in total. The lowest BCUT2D eigenvalue weighted by Crippen LogP contribution is -2.28. The molecule has 0 amide bonds. The molecular weight excluding hydrogens is 200 g/mol. The number of likely N-dealkylation sites (N-methyl/N-ethyl adjacent to an activating group) is 1. The number of hydrogen-bond donors (Lipinski definition) is 1. The monoisotopic (exact) mass is 222 g/mol. The first-order chi connectivity index (χ1) is 7.59. The summed E-state index contributed by atoms with van der Waals surface area (Å²) >= 11 is 0. The lowest BCUT2D eigenvalue weighted by Gasteiger charge is -2.19. The van der Waals surface area contributed by atoms with Crippen molar-refractivity contribution in [3.05, 3.63) is 24.3 Å². The summed E-state index contributed by atoms with van der Waals surface area (Å²) in [5, 5.41) is 0. The van der Waals surface area contributed by atoms with Crippen LogP contribution >= 0.6 is 0 Å². The third-order valence-corrected chi connectivity index (χ3v) is 2.33. The fourth-order valence-electron chi connectivity index (χ4n) is 1.64. The van der Waals surface area contributed by atoms with Gasteiger partial charge in [-0.15, -0.1) is 0 Å². The molecule has 0 aliphatic heterocycles. The molecule has 16 heavy (non-hydrogen) atoms. The number of anilines is 1. The largest absolute Gasteiger partial charge is 0.490 e. The number of nitrogens with two attached hydrogens (primary N) is 1. The van der Waals surface area contributed by atoms with Crippen molar-refractivity contribution in [1.29, 1.82) is 0 Å². The van der Waals surface area contributed by atoms with Crippen LogP contribution in [0.15, 0.2) is 24.3 Å². The molecule has 1 aromatic carbocycles. The fourth-order valence-corrected chi connectivity index (χ4v) is 1.64. The van der Waals surface area contributed by atoms with Crippen molar-refractivity contribution in [3.8, 4) is 5.75 Å². The van der Waals surface area contributed by atoms with Crippen LogP contribution in [0.2, 0.25) is 0 Å². The first kappa shape index (κ1) is 12.8. The van der Waals surface area contributed by atoms with E-state index in [1.807, 2.05) is 24.3 Å². The van der Waals surface area contributed by atoms with Gasteiger partial charge in [-0.05, 0) is 25.1 Å². The van der Waals surface area contributed by atoms with Gasteiger partial charge in [0.25, 0.3) is 0 Å². The van der Waals surface area contributed by atoms with Crippen LogP contribution in [-0.2, 0) is 0 Å². The molecule has 1 aromatic rings. The standard InChI is InChI=1S/C13H22N2O/c1-11(2)10-15(3)8-9-16-13-7-5-4-6-12(13)14/h4-7,11H,8-10,14H2,1-3H3. The average molecular weight is 222 g/mol. The summed E-state index contributed by atoms with van der Waals surface area (Å²) in [6.07, 6.45) is 0. The predicted octanol–water partition coefficient (Wildman–Crippen LogP) is 2.24. The summed E-state index contributed by atoms with van der Waals surface area (Å²) in [6, 6.07) is 7.60. The highest BCUT2D eigenvalue weighted by molar-refractivity contribution is 5.51. The van der Waals surface area contributed by atoms with Gasteiger partial charge in [0.2, 0.25) is 0 Å². The number of rotatable bonds is 6. The van der Waals surface area contributed by atoms with Crippen molar-refractivity contribution in [2.45, 2.75) is 13.8 Å². The molecule has 0 unspecified atom stereocenters. The lowest BCUT2D eigenvalue weighted by atomic mass is 10.2. The Morgan fingerprint density at radius 2 is 2.00 bits per heavy atom. The molecule has 3 heteroatoms. The molecule has 0 atom stereocenters. The van der Waals surface area contributed by atoms with Gasteiger partial charge in [0.05, 0.1) is 5.69 Å². The second kappa shape index (κ2) is 6.38. The number of nitrogens with zero attached hydrogens (tertiary/aromatic N) is 1. The molecule has 1 rings (SSSR count). The Morgan fingerprint density at radius 3 is 2.62 bits per heavy atom. The summed E-state index contributed by atoms with van der Waals surface area (Å²) in [7, 11) is 2.11. The maximum atomic E-state index is 5.78. The van der Waals surface area contributed by atoms with Gasteiger partial charge >= 0.3 is 0 Å². The molecule has 0 saturated heterocycles. The summed E-state index contributed by atoms with van der Waals surface area (Å²) < 4.78 is 5.62. The van der Waals surface area contributed by atoms with Gasteiger partial charge < -0.3 is 15.4 Å². The first-order valence-electron chi connectivity index (χ1n) is 5.75. The Morgan fingerprint density at radius 1 is 1.31 bits per heavy atom. The SMILES string of the molecule is CC(C)CN(C)CCOc1ccccc1N. The molecule has 0 fully saturated rings. The predicted molar refractivity (Wildman–Crippen MR) is 68.7 cm³/mol. The molecule has 2 N–H and O–H groups in total. The Labute approximate surface area is 98.2 Å². The lowest BCUT2D eigenvalue weighted by molar-refractivity contribution is 0.223. The molecule has 0 aliphatic rings. The number of ether oxygens (including phenoxy) is 1. The normalized spacial score (nSPS) is 11.1. The van der Waals surface area contributed by atoms with Crippen molar-refractivity contribution >= 4 is 5.69 Å². The molecule has 0 saturated carbocycles. The molecule has 90 valence electrons. The highest BCUT2D eigenvalue weighted by atomic mass is 16.5. The van der Waals surface area contributed by atoms with Crippen LogP contribution in [0.25, 0.3) is 0 Å². The van der Waals surface area contributed by atoms with Gasteiger partial charge in [-0.25, -0.2) is 0 Å². The number of nitrogen functional groups attached to an aromatic ring is 1. The van der Waals surface area contributed by atoms with E-state index in [2.05, 4.69) is 25.8 Å². The molecule has 0 aromatic heterocycles. The van der Waals surface area contributed by atoms with E-state index in [0.717, 1.165) is 18.8 Å². The van der Waals surface area contributed by atoms with Gasteiger partial charge in [-0.3, -0.25) is 0 Å². The highest BCUT2D eigenvalue weighted by Crippen LogP contribution is 2.19. The molecule has 0 radical (unpaired) electrons. The maximum Gasteiger partial charge on any atom is 0.142 e. The van der Waals surface area contributed by atoms with Crippen LogP contribution in [0.4, 0.5) is 5.69 Å². The fraction of sp³-hybridized carbons (Fsp3) is 0.538. The van der Waals surface area contributed by atoms with Crippen LogP contribution in [0.1, 0.15) is 13.8 Å². The number of hydrogen-bond acceptors (Lipinski definition) is 3. The van der Waals surface area contributed by atoms with Crippen molar-refractivity contribution in [2.75, 3.05) is 32.5 Å². The second-order valence-electron chi connectivity index (χ2n) is 4.54. The Kier molecular flexibility index (Phi) is 5.12. The van der Waals surface area contributed by atoms with Crippen LogP contribution in [0.5, 0.6) is 5.75 Å². The second-order valence-corrected chi connectivity index (χ2v) is 4.54. The molecular formula is C13H22N2O. The van der Waals surface area contributed by atoms with Crippen LogP contribution in [-0.4, -0.2) is 31.6 Å². The topological polar surface area (TPSA) is 38.5 Å². The van der Waals surface area contributed by atoms with Crippen LogP contribution < -0.4 is 10.5 Å². The third-order valence-electron chi connectivity index (χ3n) is 2.33. The summed E-state index contributed by atoms with van der Waals surface area (Å²) in [5.41, 5.74) is 6.48. The zero-order valence-corrected chi connectivity index (χ0v) is 10.4. The Balaban J connectivity index is 2.28.